The monoisotopic (exact) mass is 493 g/mol. The number of hydrogen-bond acceptors (Lipinski definition) is 3. The molecule has 0 unspecified atom stereocenters. The number of ether oxygens (including phenoxy) is 1. The van der Waals surface area contributed by atoms with Crippen molar-refractivity contribution in [3.8, 4) is 5.75 Å². The van der Waals surface area contributed by atoms with Crippen molar-refractivity contribution in [1.29, 1.82) is 0 Å². The first kappa shape index (κ1) is 22.4. The van der Waals surface area contributed by atoms with Gasteiger partial charge in [0.2, 0.25) is 0 Å². The van der Waals surface area contributed by atoms with Gasteiger partial charge in [-0.25, -0.2) is 4.79 Å². The lowest BCUT2D eigenvalue weighted by Gasteiger charge is -2.11. The Morgan fingerprint density at radius 3 is 2.35 bits per heavy atom. The minimum Gasteiger partial charge on any atom is -0.489 e. The first-order chi connectivity index (χ1) is 14.6. The molecule has 0 aliphatic heterocycles. The summed E-state index contributed by atoms with van der Waals surface area (Å²) in [6, 6.07) is 15.2. The van der Waals surface area contributed by atoms with Gasteiger partial charge < -0.3 is 15.2 Å². The maximum absolute atomic E-state index is 12.8. The second-order valence-corrected chi connectivity index (χ2v) is 7.38. The van der Waals surface area contributed by atoms with Gasteiger partial charge >= 0.3 is 12.1 Å². The zero-order valence-corrected chi connectivity index (χ0v) is 17.3. The van der Waals surface area contributed by atoms with Crippen molar-refractivity contribution in [2.45, 2.75) is 12.8 Å². The Kier molecular flexibility index (Phi) is 6.65. The van der Waals surface area contributed by atoms with Crippen LogP contribution in [0.15, 0.2) is 71.2 Å². The smallest absolute Gasteiger partial charge is 0.416 e. The minimum atomic E-state index is -4.43. The quantitative estimate of drug-likeness (QED) is 0.441. The van der Waals surface area contributed by atoms with Crippen LogP contribution < -0.4 is 10.1 Å². The van der Waals surface area contributed by atoms with E-state index in [9.17, 15) is 27.9 Å². The summed E-state index contributed by atoms with van der Waals surface area (Å²) in [6.07, 6.45) is -4.43. The summed E-state index contributed by atoms with van der Waals surface area (Å²) in [6.45, 7) is -0.0731. The molecule has 160 valence electrons. The lowest BCUT2D eigenvalue weighted by atomic mass is 10.1. The molecular formula is C22H15BrF3NO4. The molecule has 5 nitrogen and oxygen atoms in total. The third-order valence-corrected chi connectivity index (χ3v) is 4.73. The Bertz CT molecular complexity index is 1110. The molecule has 0 spiro atoms. The van der Waals surface area contributed by atoms with E-state index in [0.29, 0.717) is 15.8 Å². The van der Waals surface area contributed by atoms with E-state index in [0.717, 1.165) is 12.1 Å². The number of benzene rings is 3. The topological polar surface area (TPSA) is 75.6 Å². The summed E-state index contributed by atoms with van der Waals surface area (Å²) >= 11 is 3.18. The van der Waals surface area contributed by atoms with E-state index in [-0.39, 0.29) is 23.4 Å². The molecule has 1 amide bonds. The van der Waals surface area contributed by atoms with Crippen molar-refractivity contribution >= 4 is 33.5 Å². The Labute approximate surface area is 183 Å². The van der Waals surface area contributed by atoms with Crippen molar-refractivity contribution in [3.05, 3.63) is 93.5 Å². The second-order valence-electron chi connectivity index (χ2n) is 6.46. The average Bonchev–Trinajstić information content (AvgIpc) is 2.73. The van der Waals surface area contributed by atoms with Crippen molar-refractivity contribution in [2.75, 3.05) is 5.32 Å². The number of halogens is 4. The molecular weight excluding hydrogens is 479 g/mol. The third-order valence-electron chi connectivity index (χ3n) is 4.24. The Morgan fingerprint density at radius 1 is 1.00 bits per heavy atom. The number of amides is 1. The van der Waals surface area contributed by atoms with Gasteiger partial charge in [0.25, 0.3) is 5.91 Å². The lowest BCUT2D eigenvalue weighted by Crippen LogP contribution is -2.14. The fourth-order valence-electron chi connectivity index (χ4n) is 2.70. The molecule has 0 aliphatic carbocycles. The number of nitrogens with one attached hydrogen (secondary N) is 1. The highest BCUT2D eigenvalue weighted by Crippen LogP contribution is 2.30. The fourth-order valence-corrected chi connectivity index (χ4v) is 3.06. The molecule has 0 aromatic heterocycles. The lowest BCUT2D eigenvalue weighted by molar-refractivity contribution is -0.137. The molecule has 3 aromatic carbocycles. The molecule has 0 bridgehead atoms. The predicted molar refractivity (Wildman–Crippen MR) is 111 cm³/mol. The molecule has 0 saturated carbocycles. The number of aromatic carboxylic acids is 1. The van der Waals surface area contributed by atoms with Crippen LogP contribution in [0.5, 0.6) is 5.75 Å². The molecule has 3 rings (SSSR count). The molecule has 0 fully saturated rings. The second kappa shape index (κ2) is 9.22. The zero-order valence-electron chi connectivity index (χ0n) is 15.7. The number of alkyl halides is 3. The van der Waals surface area contributed by atoms with E-state index in [2.05, 4.69) is 21.2 Å². The van der Waals surface area contributed by atoms with Crippen LogP contribution in [0.4, 0.5) is 18.9 Å². The standard InChI is InChI=1S/C22H15BrF3NO4/c23-16-6-9-19(18(11-16)21(29)30)27-20(28)14-4-7-17(8-5-14)31-12-13-2-1-3-15(10-13)22(24,25)26/h1-11H,12H2,(H,27,28)(H,29,30). The highest BCUT2D eigenvalue weighted by atomic mass is 79.9. The maximum atomic E-state index is 12.8. The number of carboxylic acids is 1. The van der Waals surface area contributed by atoms with Crippen LogP contribution in [-0.2, 0) is 12.8 Å². The molecule has 0 heterocycles. The van der Waals surface area contributed by atoms with E-state index < -0.39 is 23.6 Å². The van der Waals surface area contributed by atoms with E-state index in [1.807, 2.05) is 0 Å². The first-order valence-electron chi connectivity index (χ1n) is 8.86. The van der Waals surface area contributed by atoms with Gasteiger partial charge in [-0.05, 0) is 60.2 Å². The van der Waals surface area contributed by atoms with Gasteiger partial charge in [-0.3, -0.25) is 4.79 Å². The summed E-state index contributed by atoms with van der Waals surface area (Å²) in [7, 11) is 0. The highest BCUT2D eigenvalue weighted by Gasteiger charge is 2.30. The molecule has 0 saturated heterocycles. The molecule has 31 heavy (non-hydrogen) atoms. The van der Waals surface area contributed by atoms with Crippen molar-refractivity contribution in [1.82, 2.24) is 0 Å². The van der Waals surface area contributed by atoms with Gasteiger partial charge in [0.05, 0.1) is 16.8 Å². The van der Waals surface area contributed by atoms with E-state index >= 15 is 0 Å². The highest BCUT2D eigenvalue weighted by molar-refractivity contribution is 9.10. The van der Waals surface area contributed by atoms with Gasteiger partial charge in [0.1, 0.15) is 12.4 Å². The molecule has 0 aliphatic rings. The average molecular weight is 494 g/mol. The number of carboxylic acid groups (broad SMARTS) is 1. The van der Waals surface area contributed by atoms with Crippen LogP contribution in [0.3, 0.4) is 0 Å². The normalized spacial score (nSPS) is 11.1. The van der Waals surface area contributed by atoms with Crippen molar-refractivity contribution in [3.63, 3.8) is 0 Å². The summed E-state index contributed by atoms with van der Waals surface area (Å²) in [5.41, 5.74) is -0.0672. The number of carbonyl (C=O) groups is 2. The largest absolute Gasteiger partial charge is 0.489 e. The van der Waals surface area contributed by atoms with Gasteiger partial charge in [-0.15, -0.1) is 0 Å². The Hall–Kier alpha value is -3.33. The Balaban J connectivity index is 1.65. The summed E-state index contributed by atoms with van der Waals surface area (Å²) in [4.78, 5) is 23.8. The summed E-state index contributed by atoms with van der Waals surface area (Å²) in [5.74, 6) is -1.34. The van der Waals surface area contributed by atoms with Crippen LogP contribution in [0.2, 0.25) is 0 Å². The minimum absolute atomic E-state index is 0.0660. The van der Waals surface area contributed by atoms with Crippen molar-refractivity contribution < 1.29 is 32.6 Å². The van der Waals surface area contributed by atoms with Crippen LogP contribution in [0, 0.1) is 0 Å². The fraction of sp³-hybridized carbons (Fsp3) is 0.0909. The molecule has 2 N–H and O–H groups in total. The van der Waals surface area contributed by atoms with Crippen LogP contribution in [0.1, 0.15) is 31.8 Å². The summed E-state index contributed by atoms with van der Waals surface area (Å²) in [5, 5.41) is 11.8. The van der Waals surface area contributed by atoms with Crippen LogP contribution in [0.25, 0.3) is 0 Å². The number of hydrogen-bond donors (Lipinski definition) is 2. The van der Waals surface area contributed by atoms with E-state index in [1.165, 1.54) is 48.5 Å². The van der Waals surface area contributed by atoms with E-state index in [4.69, 9.17) is 4.74 Å². The van der Waals surface area contributed by atoms with E-state index in [1.54, 1.807) is 6.07 Å². The molecule has 9 heteroatoms. The van der Waals surface area contributed by atoms with Crippen LogP contribution >= 0.6 is 15.9 Å². The van der Waals surface area contributed by atoms with Crippen LogP contribution in [-0.4, -0.2) is 17.0 Å². The van der Waals surface area contributed by atoms with Gasteiger partial charge in [0.15, 0.2) is 0 Å². The first-order valence-corrected chi connectivity index (χ1v) is 9.66. The van der Waals surface area contributed by atoms with Crippen molar-refractivity contribution in [2.24, 2.45) is 0 Å². The van der Waals surface area contributed by atoms with Gasteiger partial charge in [-0.1, -0.05) is 28.1 Å². The number of anilines is 1. The molecule has 3 aromatic rings. The maximum Gasteiger partial charge on any atom is 0.416 e. The zero-order chi connectivity index (χ0) is 22.6. The predicted octanol–water partition coefficient (Wildman–Crippen LogP) is 6.00. The molecule has 0 radical (unpaired) electrons. The SMILES string of the molecule is O=C(Nc1ccc(Br)cc1C(=O)O)c1ccc(OCc2cccc(C(F)(F)F)c2)cc1. The van der Waals surface area contributed by atoms with Gasteiger partial charge in [0, 0.05) is 10.0 Å². The van der Waals surface area contributed by atoms with Gasteiger partial charge in [-0.2, -0.15) is 13.2 Å². The third kappa shape index (κ3) is 5.85. The Morgan fingerprint density at radius 2 is 1.71 bits per heavy atom. The summed E-state index contributed by atoms with van der Waals surface area (Å²) < 4.78 is 44.4. The number of rotatable bonds is 6. The molecule has 0 atom stereocenters. The number of carbonyl (C=O) groups excluding carboxylic acids is 1.